The Balaban J connectivity index is 1.81. The van der Waals surface area contributed by atoms with Crippen LogP contribution in [0, 0.1) is 5.92 Å². The first-order valence-electron chi connectivity index (χ1n) is 14.2. The number of benzene rings is 2. The number of nitrogens with zero attached hydrogens (tertiary/aromatic N) is 1. The van der Waals surface area contributed by atoms with Crippen molar-refractivity contribution in [2.75, 3.05) is 35.0 Å². The number of nitrogens with one attached hydrogen (secondary N) is 3. The first-order valence-corrected chi connectivity index (χ1v) is 15.9. The lowest BCUT2D eigenvalue weighted by Crippen LogP contribution is -2.49. The molecule has 0 aromatic heterocycles. The van der Waals surface area contributed by atoms with Crippen molar-refractivity contribution in [2.45, 2.75) is 78.0 Å². The Bertz CT molecular complexity index is 1160. The van der Waals surface area contributed by atoms with Crippen molar-refractivity contribution in [3.05, 3.63) is 59.7 Å². The lowest BCUT2D eigenvalue weighted by atomic mass is 9.99. The summed E-state index contributed by atoms with van der Waals surface area (Å²) in [4.78, 5) is 13.6. The second-order valence-electron chi connectivity index (χ2n) is 11.0. The van der Waals surface area contributed by atoms with Crippen LogP contribution < -0.4 is 20.3 Å². The van der Waals surface area contributed by atoms with Gasteiger partial charge >= 0.3 is 0 Å². The molecule has 3 atom stereocenters. The highest BCUT2D eigenvalue weighted by Crippen LogP contribution is 2.28. The number of amides is 1. The molecule has 8 nitrogen and oxygen atoms in total. The predicted octanol–water partition coefficient (Wildman–Crippen LogP) is 4.16. The van der Waals surface area contributed by atoms with E-state index in [0.717, 1.165) is 24.8 Å². The maximum Gasteiger partial charge on any atom is 0.251 e. The second-order valence-corrected chi connectivity index (χ2v) is 13.0. The molecule has 39 heavy (non-hydrogen) atoms. The van der Waals surface area contributed by atoms with E-state index in [0.29, 0.717) is 55.3 Å². The van der Waals surface area contributed by atoms with Gasteiger partial charge in [0.15, 0.2) is 0 Å². The topological polar surface area (TPSA) is 111 Å². The molecule has 0 bridgehead atoms. The molecule has 1 amide bonds. The molecule has 1 heterocycles. The van der Waals surface area contributed by atoms with Crippen molar-refractivity contribution in [3.63, 3.8) is 0 Å². The fourth-order valence-corrected chi connectivity index (χ4v) is 6.45. The highest BCUT2D eigenvalue weighted by atomic mass is 32.2. The summed E-state index contributed by atoms with van der Waals surface area (Å²) in [6, 6.07) is 14.7. The van der Waals surface area contributed by atoms with Gasteiger partial charge in [-0.15, -0.1) is 0 Å². The molecule has 1 unspecified atom stereocenters. The molecule has 2 aromatic rings. The molecule has 1 aliphatic rings. The Morgan fingerprint density at radius 1 is 1.05 bits per heavy atom. The van der Waals surface area contributed by atoms with Crippen molar-refractivity contribution in [1.82, 2.24) is 10.6 Å². The van der Waals surface area contributed by atoms with Crippen LogP contribution in [0.5, 0.6) is 0 Å². The van der Waals surface area contributed by atoms with Crippen molar-refractivity contribution in [3.8, 4) is 0 Å². The third-order valence-corrected chi connectivity index (χ3v) is 9.00. The zero-order valence-electron chi connectivity index (χ0n) is 23.8. The number of hydrogen-bond donors (Lipinski definition) is 4. The van der Waals surface area contributed by atoms with Crippen LogP contribution in [0.3, 0.4) is 0 Å². The number of anilines is 2. The third kappa shape index (κ3) is 9.51. The summed E-state index contributed by atoms with van der Waals surface area (Å²) >= 11 is 0. The number of carbonyl (C=O) groups excluding carboxylic acids is 1. The molecule has 0 saturated carbocycles. The Morgan fingerprint density at radius 3 is 2.46 bits per heavy atom. The fraction of sp³-hybridized carbons (Fsp3) is 0.567. The van der Waals surface area contributed by atoms with Crippen molar-refractivity contribution in [2.24, 2.45) is 5.92 Å². The average molecular weight is 559 g/mol. The van der Waals surface area contributed by atoms with Crippen LogP contribution >= 0.6 is 0 Å². The van der Waals surface area contributed by atoms with Gasteiger partial charge in [-0.05, 0) is 75.6 Å². The van der Waals surface area contributed by atoms with E-state index in [1.807, 2.05) is 37.3 Å². The van der Waals surface area contributed by atoms with Crippen LogP contribution in [0.1, 0.15) is 69.3 Å². The van der Waals surface area contributed by atoms with E-state index in [1.165, 1.54) is 4.31 Å². The van der Waals surface area contributed by atoms with E-state index < -0.39 is 22.2 Å². The van der Waals surface area contributed by atoms with Crippen LogP contribution in [-0.4, -0.2) is 63.0 Å². The molecule has 3 rings (SSSR count). The molecule has 1 aliphatic heterocycles. The van der Waals surface area contributed by atoms with Crippen LogP contribution in [0.2, 0.25) is 0 Å². The zero-order chi connectivity index (χ0) is 28.4. The van der Waals surface area contributed by atoms with Gasteiger partial charge in [0, 0.05) is 36.9 Å². The summed E-state index contributed by atoms with van der Waals surface area (Å²) in [5, 5.41) is 20.9. The Hall–Kier alpha value is -2.62. The molecule has 0 aliphatic carbocycles. The third-order valence-electron chi connectivity index (χ3n) is 7.13. The summed E-state index contributed by atoms with van der Waals surface area (Å²) in [5.74, 6) is 0.374. The van der Waals surface area contributed by atoms with Crippen LogP contribution in [0.25, 0.3) is 0 Å². The zero-order valence-corrected chi connectivity index (χ0v) is 24.6. The van der Waals surface area contributed by atoms with E-state index in [9.17, 15) is 18.3 Å². The Morgan fingerprint density at radius 2 is 1.79 bits per heavy atom. The fourth-order valence-electron chi connectivity index (χ4n) is 4.82. The molecular weight excluding hydrogens is 512 g/mol. The lowest BCUT2D eigenvalue weighted by Gasteiger charge is -2.29. The van der Waals surface area contributed by atoms with Gasteiger partial charge in [-0.25, -0.2) is 8.42 Å². The maximum absolute atomic E-state index is 13.6. The summed E-state index contributed by atoms with van der Waals surface area (Å²) in [7, 11) is -3.43. The van der Waals surface area contributed by atoms with Crippen LogP contribution in [0.4, 0.5) is 11.4 Å². The molecule has 1 fully saturated rings. The van der Waals surface area contributed by atoms with E-state index >= 15 is 0 Å². The van der Waals surface area contributed by atoms with Gasteiger partial charge in [0.2, 0.25) is 10.0 Å². The minimum atomic E-state index is -3.43. The standard InChI is InChI=1S/C30H46N4O4S/c1-5-31-26-18-25(19-27(20-26)34-15-9-10-16-39(34,37)38)30(36)33-28(17-24-11-7-6-8-12-24)29(35)21-32-23(4)14-13-22(2)3/h6-8,11-12,18-20,22-23,28-29,31-32,35H,5,9-10,13-17,21H2,1-4H3,(H,33,36)/t23?,28-,29+/m0/s1. The summed E-state index contributed by atoms with van der Waals surface area (Å²) < 4.78 is 27.0. The molecule has 4 N–H and O–H groups in total. The van der Waals surface area contributed by atoms with E-state index in [1.54, 1.807) is 18.2 Å². The summed E-state index contributed by atoms with van der Waals surface area (Å²) in [6.45, 7) is 9.84. The number of hydrogen-bond acceptors (Lipinski definition) is 6. The predicted molar refractivity (Wildman–Crippen MR) is 160 cm³/mol. The number of carbonyl (C=O) groups is 1. The first kappa shape index (κ1) is 30.9. The largest absolute Gasteiger partial charge is 0.390 e. The highest BCUT2D eigenvalue weighted by Gasteiger charge is 2.28. The van der Waals surface area contributed by atoms with Gasteiger partial charge in [0.05, 0.1) is 23.6 Å². The monoisotopic (exact) mass is 558 g/mol. The van der Waals surface area contributed by atoms with Crippen LogP contribution in [0.15, 0.2) is 48.5 Å². The molecular formula is C30H46N4O4S. The van der Waals surface area contributed by atoms with E-state index in [4.69, 9.17) is 0 Å². The minimum Gasteiger partial charge on any atom is -0.390 e. The molecule has 1 saturated heterocycles. The van der Waals surface area contributed by atoms with E-state index in [-0.39, 0.29) is 17.7 Å². The Labute approximate surface area is 234 Å². The smallest absolute Gasteiger partial charge is 0.251 e. The number of aliphatic hydroxyl groups is 1. The number of sulfonamides is 1. The normalized spacial score (nSPS) is 17.4. The Kier molecular flexibility index (Phi) is 11.6. The van der Waals surface area contributed by atoms with Crippen molar-refractivity contribution >= 4 is 27.3 Å². The lowest BCUT2D eigenvalue weighted by molar-refractivity contribution is 0.0825. The molecule has 9 heteroatoms. The highest BCUT2D eigenvalue weighted by molar-refractivity contribution is 7.92. The molecule has 0 spiro atoms. The quantitative estimate of drug-likeness (QED) is 0.277. The average Bonchev–Trinajstić information content (AvgIpc) is 2.90. The van der Waals surface area contributed by atoms with Gasteiger partial charge in [0.1, 0.15) is 0 Å². The second kappa shape index (κ2) is 14.7. The van der Waals surface area contributed by atoms with Gasteiger partial charge in [-0.1, -0.05) is 44.2 Å². The number of aliphatic hydroxyl groups excluding tert-OH is 1. The van der Waals surface area contributed by atoms with Gasteiger partial charge < -0.3 is 21.1 Å². The summed E-state index contributed by atoms with van der Waals surface area (Å²) in [5.41, 5.74) is 2.53. The van der Waals surface area contributed by atoms with Crippen LogP contribution in [-0.2, 0) is 16.4 Å². The van der Waals surface area contributed by atoms with Crippen molar-refractivity contribution < 1.29 is 18.3 Å². The van der Waals surface area contributed by atoms with Gasteiger partial charge in [-0.2, -0.15) is 0 Å². The van der Waals surface area contributed by atoms with Crippen molar-refractivity contribution in [1.29, 1.82) is 0 Å². The molecule has 216 valence electrons. The first-order chi connectivity index (χ1) is 18.6. The summed E-state index contributed by atoms with van der Waals surface area (Å²) in [6.07, 6.45) is 3.19. The van der Waals surface area contributed by atoms with Gasteiger partial charge in [0.25, 0.3) is 5.91 Å². The molecule has 2 aromatic carbocycles. The maximum atomic E-state index is 13.6. The SMILES string of the molecule is CCNc1cc(C(=O)N[C@@H](Cc2ccccc2)[C@H](O)CNC(C)CCC(C)C)cc(N2CCCCS2(=O)=O)c1. The van der Waals surface area contributed by atoms with E-state index in [2.05, 4.69) is 36.7 Å². The minimum absolute atomic E-state index is 0.105. The molecule has 0 radical (unpaired) electrons. The number of rotatable bonds is 14. The van der Waals surface area contributed by atoms with Gasteiger partial charge in [-0.3, -0.25) is 9.10 Å².